The lowest BCUT2D eigenvalue weighted by atomic mass is 10.1. The van der Waals surface area contributed by atoms with Crippen molar-refractivity contribution in [2.24, 2.45) is 0 Å². The van der Waals surface area contributed by atoms with E-state index in [4.69, 9.17) is 11.6 Å². The van der Waals surface area contributed by atoms with E-state index in [1.165, 1.54) is 16.9 Å². The molecule has 0 radical (unpaired) electrons. The molecular formula is C21H22ClN3OS. The average Bonchev–Trinajstić information content (AvgIpc) is 3.04. The van der Waals surface area contributed by atoms with Crippen LogP contribution in [0, 0.1) is 6.92 Å². The summed E-state index contributed by atoms with van der Waals surface area (Å²) < 4.78 is 0. The number of benzene rings is 2. The summed E-state index contributed by atoms with van der Waals surface area (Å²) in [6, 6.07) is 17.8. The summed E-state index contributed by atoms with van der Waals surface area (Å²) in [6.45, 7) is 2.39. The molecule has 0 saturated heterocycles. The molecule has 1 atom stereocenters. The fourth-order valence-corrected chi connectivity index (χ4v) is 4.06. The zero-order valence-corrected chi connectivity index (χ0v) is 17.1. The van der Waals surface area contributed by atoms with Gasteiger partial charge in [0.05, 0.1) is 11.7 Å². The van der Waals surface area contributed by atoms with Crippen molar-refractivity contribution in [3.8, 4) is 10.6 Å². The van der Waals surface area contributed by atoms with Crippen molar-refractivity contribution in [1.82, 2.24) is 15.2 Å². The molecule has 1 N–H and O–H groups in total. The van der Waals surface area contributed by atoms with Gasteiger partial charge in [-0.2, -0.15) is 0 Å². The Morgan fingerprint density at radius 2 is 1.93 bits per heavy atom. The first-order valence-electron chi connectivity index (χ1n) is 8.68. The van der Waals surface area contributed by atoms with Crippen LogP contribution in [0.1, 0.15) is 27.0 Å². The maximum Gasteiger partial charge on any atom is 0.263 e. The molecule has 1 aromatic heterocycles. The molecule has 0 aliphatic carbocycles. The third-order valence-electron chi connectivity index (χ3n) is 4.34. The Labute approximate surface area is 168 Å². The second-order valence-corrected chi connectivity index (χ2v) is 7.98. The van der Waals surface area contributed by atoms with E-state index >= 15 is 0 Å². The lowest BCUT2D eigenvalue weighted by Crippen LogP contribution is -2.34. The van der Waals surface area contributed by atoms with Crippen molar-refractivity contribution < 1.29 is 4.79 Å². The Bertz CT molecular complexity index is 924. The van der Waals surface area contributed by atoms with Gasteiger partial charge in [0.1, 0.15) is 9.88 Å². The van der Waals surface area contributed by atoms with E-state index in [1.54, 1.807) is 0 Å². The zero-order chi connectivity index (χ0) is 19.4. The van der Waals surface area contributed by atoms with E-state index in [2.05, 4.69) is 27.3 Å². The van der Waals surface area contributed by atoms with Gasteiger partial charge in [-0.25, -0.2) is 4.98 Å². The molecule has 1 unspecified atom stereocenters. The Morgan fingerprint density at radius 1 is 1.19 bits per heavy atom. The quantitative estimate of drug-likeness (QED) is 0.647. The molecule has 0 aliphatic heterocycles. The number of thiazole rings is 1. The molecule has 0 aliphatic rings. The molecule has 0 spiro atoms. The molecule has 1 amide bonds. The number of hydrogen-bond acceptors (Lipinski definition) is 4. The highest BCUT2D eigenvalue weighted by Gasteiger charge is 2.19. The first-order valence-corrected chi connectivity index (χ1v) is 9.88. The summed E-state index contributed by atoms with van der Waals surface area (Å²) >= 11 is 7.46. The van der Waals surface area contributed by atoms with E-state index in [0.29, 0.717) is 16.4 Å². The van der Waals surface area contributed by atoms with Gasteiger partial charge in [0, 0.05) is 17.1 Å². The first kappa shape index (κ1) is 19.5. The Morgan fingerprint density at radius 3 is 2.59 bits per heavy atom. The molecule has 2 aromatic carbocycles. The molecule has 27 heavy (non-hydrogen) atoms. The van der Waals surface area contributed by atoms with Crippen LogP contribution in [0.2, 0.25) is 5.02 Å². The van der Waals surface area contributed by atoms with Crippen molar-refractivity contribution >= 4 is 28.8 Å². The predicted molar refractivity (Wildman–Crippen MR) is 113 cm³/mol. The van der Waals surface area contributed by atoms with Gasteiger partial charge in [-0.15, -0.1) is 11.3 Å². The van der Waals surface area contributed by atoms with Crippen molar-refractivity contribution in [2.45, 2.75) is 13.0 Å². The van der Waals surface area contributed by atoms with Crippen LogP contribution in [0.25, 0.3) is 10.6 Å². The summed E-state index contributed by atoms with van der Waals surface area (Å²) in [5.41, 5.74) is 2.82. The van der Waals surface area contributed by atoms with Gasteiger partial charge in [0.15, 0.2) is 0 Å². The highest BCUT2D eigenvalue weighted by molar-refractivity contribution is 7.17. The molecular weight excluding hydrogens is 378 g/mol. The topological polar surface area (TPSA) is 45.2 Å². The molecule has 3 rings (SSSR count). The number of amides is 1. The molecule has 0 fully saturated rings. The summed E-state index contributed by atoms with van der Waals surface area (Å²) in [5, 5.41) is 4.51. The number of likely N-dealkylation sites (N-methyl/N-ethyl adjacent to an activating group) is 1. The number of nitrogens with one attached hydrogen (secondary N) is 1. The average molecular weight is 400 g/mol. The molecule has 140 valence electrons. The van der Waals surface area contributed by atoms with Crippen LogP contribution in [0.5, 0.6) is 0 Å². The number of hydrogen-bond donors (Lipinski definition) is 1. The highest BCUT2D eigenvalue weighted by atomic mass is 35.5. The van der Waals surface area contributed by atoms with Crippen LogP contribution >= 0.6 is 22.9 Å². The summed E-state index contributed by atoms with van der Waals surface area (Å²) in [5.74, 6) is -0.0962. The fraction of sp³-hybridized carbons (Fsp3) is 0.238. The minimum Gasteiger partial charge on any atom is -0.349 e. The number of carbonyl (C=O) groups is 1. The van der Waals surface area contributed by atoms with Gasteiger partial charge < -0.3 is 10.2 Å². The molecule has 6 heteroatoms. The van der Waals surface area contributed by atoms with Crippen LogP contribution < -0.4 is 5.32 Å². The maximum absolute atomic E-state index is 12.8. The smallest absolute Gasteiger partial charge is 0.263 e. The number of nitrogens with zero attached hydrogens (tertiary/aromatic N) is 2. The van der Waals surface area contributed by atoms with E-state index in [-0.39, 0.29) is 11.9 Å². The summed E-state index contributed by atoms with van der Waals surface area (Å²) in [7, 11) is 4.03. The van der Waals surface area contributed by atoms with Gasteiger partial charge >= 0.3 is 0 Å². The Balaban J connectivity index is 1.74. The van der Waals surface area contributed by atoms with Gasteiger partial charge in [-0.1, -0.05) is 54.1 Å². The van der Waals surface area contributed by atoms with Crippen LogP contribution in [0.4, 0.5) is 0 Å². The van der Waals surface area contributed by atoms with Crippen LogP contribution in [-0.2, 0) is 0 Å². The monoisotopic (exact) mass is 399 g/mol. The Hall–Kier alpha value is -2.21. The third kappa shape index (κ3) is 4.75. The van der Waals surface area contributed by atoms with E-state index < -0.39 is 0 Å². The van der Waals surface area contributed by atoms with Gasteiger partial charge in [0.2, 0.25) is 0 Å². The first-order chi connectivity index (χ1) is 13.0. The van der Waals surface area contributed by atoms with Gasteiger partial charge in [-0.3, -0.25) is 4.79 Å². The van der Waals surface area contributed by atoms with Crippen molar-refractivity contribution in [2.75, 3.05) is 20.6 Å². The molecule has 4 nitrogen and oxygen atoms in total. The van der Waals surface area contributed by atoms with E-state index in [0.717, 1.165) is 16.3 Å². The minimum atomic E-state index is -0.0962. The second kappa shape index (κ2) is 8.65. The number of aromatic nitrogens is 1. The largest absolute Gasteiger partial charge is 0.349 e. The van der Waals surface area contributed by atoms with Crippen molar-refractivity contribution in [1.29, 1.82) is 0 Å². The van der Waals surface area contributed by atoms with Crippen LogP contribution in [0.15, 0.2) is 54.6 Å². The van der Waals surface area contributed by atoms with Crippen LogP contribution in [-0.4, -0.2) is 36.4 Å². The third-order valence-corrected chi connectivity index (χ3v) is 5.78. The summed E-state index contributed by atoms with van der Waals surface area (Å²) in [4.78, 5) is 20.0. The van der Waals surface area contributed by atoms with Crippen LogP contribution in [0.3, 0.4) is 0 Å². The van der Waals surface area contributed by atoms with E-state index in [9.17, 15) is 4.79 Å². The molecule has 1 heterocycles. The molecule has 0 saturated carbocycles. The summed E-state index contributed by atoms with van der Waals surface area (Å²) in [6.07, 6.45) is 0. The lowest BCUT2D eigenvalue weighted by molar-refractivity contribution is 0.0945. The SMILES string of the molecule is Cc1nc(-c2cccc(Cl)c2)sc1C(=O)NCC(c1ccccc1)N(C)C. The normalized spacial score (nSPS) is 12.2. The predicted octanol–water partition coefficient (Wildman–Crippen LogP) is 4.80. The van der Waals surface area contributed by atoms with Gasteiger partial charge in [-0.05, 0) is 38.7 Å². The zero-order valence-electron chi connectivity index (χ0n) is 15.6. The standard InChI is InChI=1S/C21H22ClN3OS/c1-14-19(27-21(24-14)16-10-7-11-17(22)12-16)20(26)23-13-18(25(2)3)15-8-5-4-6-9-15/h4-12,18H,13H2,1-3H3,(H,23,26). The maximum atomic E-state index is 12.8. The second-order valence-electron chi connectivity index (χ2n) is 6.54. The molecule has 3 aromatic rings. The highest BCUT2D eigenvalue weighted by Crippen LogP contribution is 2.29. The number of carbonyl (C=O) groups excluding carboxylic acids is 1. The van der Waals surface area contributed by atoms with Gasteiger partial charge in [0.25, 0.3) is 5.91 Å². The van der Waals surface area contributed by atoms with Crippen molar-refractivity contribution in [3.05, 3.63) is 75.8 Å². The minimum absolute atomic E-state index is 0.0962. The Kier molecular flexibility index (Phi) is 6.26. The molecule has 0 bridgehead atoms. The fourth-order valence-electron chi connectivity index (χ4n) is 2.90. The van der Waals surface area contributed by atoms with Crippen molar-refractivity contribution in [3.63, 3.8) is 0 Å². The number of aryl methyl sites for hydroxylation is 1. The number of halogens is 1. The van der Waals surface area contributed by atoms with E-state index in [1.807, 2.05) is 63.5 Å². The lowest BCUT2D eigenvalue weighted by Gasteiger charge is -2.25. The number of rotatable bonds is 6.